The van der Waals surface area contributed by atoms with Crippen LogP contribution in [0.4, 0.5) is 10.5 Å². The molecule has 98 valence electrons. The number of amides is 2. The van der Waals surface area contributed by atoms with Crippen LogP contribution in [0, 0.1) is 0 Å². The summed E-state index contributed by atoms with van der Waals surface area (Å²) in [7, 11) is 0. The Morgan fingerprint density at radius 1 is 1.44 bits per heavy atom. The molecule has 1 aliphatic rings. The Balaban J connectivity index is 2.13. The minimum Gasteiger partial charge on any atom is -0.338 e. The van der Waals surface area contributed by atoms with Gasteiger partial charge in [0.2, 0.25) is 0 Å². The maximum absolute atomic E-state index is 12.3. The van der Waals surface area contributed by atoms with Crippen LogP contribution >= 0.6 is 0 Å². The van der Waals surface area contributed by atoms with Crippen molar-refractivity contribution in [3.05, 3.63) is 29.8 Å². The molecular formula is C15H22N2O. The normalized spacial score (nSPS) is 18.3. The zero-order chi connectivity index (χ0) is 13.0. The molecule has 2 rings (SSSR count). The molecule has 0 bridgehead atoms. The molecule has 1 unspecified atom stereocenters. The quantitative estimate of drug-likeness (QED) is 0.815. The average molecular weight is 246 g/mol. The number of carbonyl (C=O) groups excluding carboxylic acids is 1. The van der Waals surface area contributed by atoms with Gasteiger partial charge in [-0.1, -0.05) is 31.5 Å². The number of aryl methyl sites for hydroxylation is 1. The van der Waals surface area contributed by atoms with Crippen LogP contribution in [0.1, 0.15) is 38.7 Å². The molecule has 1 aromatic carbocycles. The molecule has 1 N–H and O–H groups in total. The molecule has 2 amide bonds. The van der Waals surface area contributed by atoms with Crippen molar-refractivity contribution >= 4 is 11.7 Å². The predicted octanol–water partition coefficient (Wildman–Crippen LogP) is 3.34. The molecule has 1 aliphatic heterocycles. The Kier molecular flexibility index (Phi) is 4.24. The lowest BCUT2D eigenvalue weighted by Crippen LogP contribution is -2.47. The number of urea groups is 1. The fraction of sp³-hybridized carbons (Fsp3) is 0.533. The van der Waals surface area contributed by atoms with Gasteiger partial charge in [0.1, 0.15) is 0 Å². The van der Waals surface area contributed by atoms with Crippen LogP contribution in [-0.4, -0.2) is 18.6 Å². The minimum atomic E-state index is 0.0445. The van der Waals surface area contributed by atoms with Gasteiger partial charge in [-0.15, -0.1) is 0 Å². The van der Waals surface area contributed by atoms with E-state index in [1.165, 1.54) is 5.56 Å². The Morgan fingerprint density at radius 2 is 2.22 bits per heavy atom. The molecule has 3 nitrogen and oxygen atoms in total. The number of fused-ring (bicyclic) bond motifs is 1. The fourth-order valence-corrected chi connectivity index (χ4v) is 2.46. The van der Waals surface area contributed by atoms with Crippen molar-refractivity contribution in [1.29, 1.82) is 0 Å². The number of para-hydroxylation sites is 1. The van der Waals surface area contributed by atoms with Crippen molar-refractivity contribution in [2.24, 2.45) is 0 Å². The number of anilines is 1. The molecule has 0 saturated heterocycles. The third-order valence-electron chi connectivity index (χ3n) is 3.55. The first kappa shape index (κ1) is 12.9. The lowest BCUT2D eigenvalue weighted by atomic mass is 9.97. The van der Waals surface area contributed by atoms with E-state index in [4.69, 9.17) is 0 Å². The Morgan fingerprint density at radius 3 is 3.00 bits per heavy atom. The Bertz CT molecular complexity index is 417. The number of hydrogen-bond acceptors (Lipinski definition) is 1. The number of unbranched alkanes of at least 4 members (excludes halogenated alkanes) is 1. The van der Waals surface area contributed by atoms with E-state index in [9.17, 15) is 4.79 Å². The van der Waals surface area contributed by atoms with Crippen LogP contribution in [0.2, 0.25) is 0 Å². The third-order valence-corrected chi connectivity index (χ3v) is 3.55. The lowest BCUT2D eigenvalue weighted by molar-refractivity contribution is 0.243. The summed E-state index contributed by atoms with van der Waals surface area (Å²) in [6, 6.07) is 8.54. The number of rotatable bonds is 3. The van der Waals surface area contributed by atoms with Crippen LogP contribution < -0.4 is 10.2 Å². The lowest BCUT2D eigenvalue weighted by Gasteiger charge is -2.35. The van der Waals surface area contributed by atoms with E-state index in [1.54, 1.807) is 0 Å². The SMILES string of the molecule is CCCCNC(=O)N1c2ccccc2CCC1C. The van der Waals surface area contributed by atoms with Crippen molar-refractivity contribution in [3.63, 3.8) is 0 Å². The largest absolute Gasteiger partial charge is 0.338 e. The van der Waals surface area contributed by atoms with Crippen LogP contribution in [-0.2, 0) is 6.42 Å². The molecular weight excluding hydrogens is 224 g/mol. The molecule has 1 atom stereocenters. The number of benzene rings is 1. The van der Waals surface area contributed by atoms with E-state index in [-0.39, 0.29) is 12.1 Å². The standard InChI is InChI=1S/C15H22N2O/c1-3-4-11-16-15(18)17-12(2)9-10-13-7-5-6-8-14(13)17/h5-8,12H,3-4,9-11H2,1-2H3,(H,16,18). The maximum atomic E-state index is 12.3. The predicted molar refractivity (Wildman–Crippen MR) is 75.0 cm³/mol. The summed E-state index contributed by atoms with van der Waals surface area (Å²) in [4.78, 5) is 14.2. The summed E-state index contributed by atoms with van der Waals surface area (Å²) in [6.07, 6.45) is 4.25. The zero-order valence-corrected chi connectivity index (χ0v) is 11.3. The monoisotopic (exact) mass is 246 g/mol. The van der Waals surface area contributed by atoms with Gasteiger partial charge in [-0.25, -0.2) is 4.79 Å². The molecule has 3 heteroatoms. The first-order valence-corrected chi connectivity index (χ1v) is 6.89. The van der Waals surface area contributed by atoms with Gasteiger partial charge in [-0.3, -0.25) is 4.90 Å². The van der Waals surface area contributed by atoms with Gasteiger partial charge in [0.25, 0.3) is 0 Å². The van der Waals surface area contributed by atoms with Gasteiger partial charge in [0.05, 0.1) is 0 Å². The topological polar surface area (TPSA) is 32.3 Å². The van der Waals surface area contributed by atoms with E-state index in [1.807, 2.05) is 23.1 Å². The van der Waals surface area contributed by atoms with Gasteiger partial charge in [-0.2, -0.15) is 0 Å². The fourth-order valence-electron chi connectivity index (χ4n) is 2.46. The second-order valence-corrected chi connectivity index (χ2v) is 4.97. The van der Waals surface area contributed by atoms with Crippen LogP contribution in [0.25, 0.3) is 0 Å². The highest BCUT2D eigenvalue weighted by atomic mass is 16.2. The molecule has 1 aromatic rings. The van der Waals surface area contributed by atoms with E-state index in [0.29, 0.717) is 0 Å². The number of carbonyl (C=O) groups is 1. The summed E-state index contributed by atoms with van der Waals surface area (Å²) < 4.78 is 0. The average Bonchev–Trinajstić information content (AvgIpc) is 2.38. The molecule has 0 spiro atoms. The second-order valence-electron chi connectivity index (χ2n) is 4.97. The molecule has 0 saturated carbocycles. The molecule has 0 fully saturated rings. The highest BCUT2D eigenvalue weighted by Gasteiger charge is 2.27. The first-order chi connectivity index (χ1) is 8.74. The van der Waals surface area contributed by atoms with Crippen molar-refractivity contribution < 1.29 is 4.79 Å². The van der Waals surface area contributed by atoms with Crippen molar-refractivity contribution in [2.75, 3.05) is 11.4 Å². The molecule has 0 aromatic heterocycles. The highest BCUT2D eigenvalue weighted by molar-refractivity contribution is 5.93. The van der Waals surface area contributed by atoms with Gasteiger partial charge >= 0.3 is 6.03 Å². The molecule has 0 aliphatic carbocycles. The summed E-state index contributed by atoms with van der Waals surface area (Å²) in [5, 5.41) is 3.01. The molecule has 0 radical (unpaired) electrons. The first-order valence-electron chi connectivity index (χ1n) is 6.89. The van der Waals surface area contributed by atoms with Gasteiger partial charge in [-0.05, 0) is 37.8 Å². The minimum absolute atomic E-state index is 0.0445. The van der Waals surface area contributed by atoms with Crippen molar-refractivity contribution in [2.45, 2.75) is 45.6 Å². The van der Waals surface area contributed by atoms with Crippen molar-refractivity contribution in [3.8, 4) is 0 Å². The van der Waals surface area contributed by atoms with E-state index >= 15 is 0 Å². The van der Waals surface area contributed by atoms with Crippen LogP contribution in [0.15, 0.2) is 24.3 Å². The van der Waals surface area contributed by atoms with Gasteiger partial charge < -0.3 is 5.32 Å². The summed E-state index contributed by atoms with van der Waals surface area (Å²) in [5.74, 6) is 0. The number of nitrogens with one attached hydrogen (secondary N) is 1. The highest BCUT2D eigenvalue weighted by Crippen LogP contribution is 2.30. The number of nitrogens with zero attached hydrogens (tertiary/aromatic N) is 1. The van der Waals surface area contributed by atoms with Crippen molar-refractivity contribution in [1.82, 2.24) is 5.32 Å². The van der Waals surface area contributed by atoms with Crippen LogP contribution in [0.5, 0.6) is 0 Å². The van der Waals surface area contributed by atoms with Gasteiger partial charge in [0.15, 0.2) is 0 Å². The summed E-state index contributed by atoms with van der Waals surface area (Å²) in [5.41, 5.74) is 2.35. The van der Waals surface area contributed by atoms with Crippen LogP contribution in [0.3, 0.4) is 0 Å². The Labute approximate surface area is 109 Å². The van der Waals surface area contributed by atoms with E-state index < -0.39 is 0 Å². The molecule has 18 heavy (non-hydrogen) atoms. The second kappa shape index (κ2) is 5.89. The third kappa shape index (κ3) is 2.66. The zero-order valence-electron chi connectivity index (χ0n) is 11.3. The van der Waals surface area contributed by atoms with E-state index in [0.717, 1.165) is 37.9 Å². The number of hydrogen-bond donors (Lipinski definition) is 1. The summed E-state index contributed by atoms with van der Waals surface area (Å²) >= 11 is 0. The summed E-state index contributed by atoms with van der Waals surface area (Å²) in [6.45, 7) is 5.01. The van der Waals surface area contributed by atoms with E-state index in [2.05, 4.69) is 25.2 Å². The molecule has 1 heterocycles. The maximum Gasteiger partial charge on any atom is 0.322 e. The smallest absolute Gasteiger partial charge is 0.322 e. The van der Waals surface area contributed by atoms with Gasteiger partial charge in [0, 0.05) is 18.3 Å². The Hall–Kier alpha value is -1.51.